The van der Waals surface area contributed by atoms with Gasteiger partial charge in [-0.3, -0.25) is 0 Å². The van der Waals surface area contributed by atoms with Crippen LogP contribution in [-0.2, 0) is 6.42 Å². The third kappa shape index (κ3) is 2.39. The standard InChI is InChI=1S/C25H23N/c1-16-12-18-6-3-4-8-23(18)21(16)9-10-22-17(2)13-20-14-19-7-5-11-26-25(19)15-24(20)22/h3-8,11-15,21,26H,9-10H2,1-2H3. The van der Waals surface area contributed by atoms with E-state index in [1.165, 1.54) is 55.9 Å². The van der Waals surface area contributed by atoms with Crippen molar-refractivity contribution in [2.24, 2.45) is 0 Å². The highest BCUT2D eigenvalue weighted by atomic mass is 14.6. The zero-order valence-corrected chi connectivity index (χ0v) is 15.3. The summed E-state index contributed by atoms with van der Waals surface area (Å²) in [4.78, 5) is 3.39. The molecular formula is C25H23N. The van der Waals surface area contributed by atoms with E-state index in [1.807, 2.05) is 6.20 Å². The van der Waals surface area contributed by atoms with Gasteiger partial charge in [-0.2, -0.15) is 0 Å². The molecule has 1 atom stereocenters. The number of aromatic nitrogens is 1. The highest BCUT2D eigenvalue weighted by Crippen LogP contribution is 2.40. The normalized spacial score (nSPS) is 16.2. The molecule has 1 aliphatic rings. The Morgan fingerprint density at radius 2 is 1.81 bits per heavy atom. The number of hydrogen-bond donors (Lipinski definition) is 1. The minimum absolute atomic E-state index is 0.558. The lowest BCUT2D eigenvalue weighted by Crippen LogP contribution is -2.00. The van der Waals surface area contributed by atoms with Crippen molar-refractivity contribution in [1.29, 1.82) is 0 Å². The minimum Gasteiger partial charge on any atom is -0.361 e. The van der Waals surface area contributed by atoms with Gasteiger partial charge in [0.1, 0.15) is 0 Å². The maximum Gasteiger partial charge on any atom is 0.0459 e. The van der Waals surface area contributed by atoms with Crippen LogP contribution in [0.2, 0.25) is 0 Å². The maximum atomic E-state index is 3.39. The second-order valence-electron chi connectivity index (χ2n) is 7.61. The van der Waals surface area contributed by atoms with Gasteiger partial charge in [0.2, 0.25) is 0 Å². The van der Waals surface area contributed by atoms with Gasteiger partial charge in [-0.05, 0) is 83.3 Å². The number of H-pyrrole nitrogens is 1. The first kappa shape index (κ1) is 15.5. The summed E-state index contributed by atoms with van der Waals surface area (Å²) in [6.45, 7) is 4.54. The first-order valence-corrected chi connectivity index (χ1v) is 9.47. The predicted molar refractivity (Wildman–Crippen MR) is 112 cm³/mol. The van der Waals surface area contributed by atoms with Crippen molar-refractivity contribution >= 4 is 27.8 Å². The van der Waals surface area contributed by atoms with Crippen LogP contribution in [0.5, 0.6) is 0 Å². The molecule has 4 aromatic rings. The van der Waals surface area contributed by atoms with Crippen LogP contribution in [0.1, 0.15) is 41.5 Å². The van der Waals surface area contributed by atoms with Gasteiger partial charge >= 0.3 is 0 Å². The van der Waals surface area contributed by atoms with Gasteiger partial charge < -0.3 is 4.98 Å². The number of rotatable bonds is 3. The summed E-state index contributed by atoms with van der Waals surface area (Å²) in [5, 5.41) is 4.05. The molecule has 0 aliphatic heterocycles. The summed E-state index contributed by atoms with van der Waals surface area (Å²) in [7, 11) is 0. The van der Waals surface area contributed by atoms with E-state index in [4.69, 9.17) is 0 Å². The number of benzene rings is 2. The van der Waals surface area contributed by atoms with Crippen LogP contribution in [0.15, 0.2) is 66.4 Å². The number of aromatic amines is 1. The van der Waals surface area contributed by atoms with Crippen molar-refractivity contribution in [3.05, 3.63) is 88.6 Å². The van der Waals surface area contributed by atoms with Crippen molar-refractivity contribution in [3.8, 4) is 0 Å². The Labute approximate surface area is 154 Å². The summed E-state index contributed by atoms with van der Waals surface area (Å²) in [5.74, 6) is 0.558. The summed E-state index contributed by atoms with van der Waals surface area (Å²) in [5.41, 5.74) is 8.55. The molecule has 0 saturated heterocycles. The van der Waals surface area contributed by atoms with Gasteiger partial charge in [0, 0.05) is 17.6 Å². The minimum atomic E-state index is 0.558. The van der Waals surface area contributed by atoms with Gasteiger partial charge in [-0.15, -0.1) is 0 Å². The van der Waals surface area contributed by atoms with E-state index in [-0.39, 0.29) is 0 Å². The van der Waals surface area contributed by atoms with Crippen LogP contribution in [0.4, 0.5) is 0 Å². The molecular weight excluding hydrogens is 314 g/mol. The van der Waals surface area contributed by atoms with E-state index < -0.39 is 0 Å². The molecule has 1 nitrogen and oxygen atoms in total. The molecule has 128 valence electrons. The van der Waals surface area contributed by atoms with Crippen molar-refractivity contribution in [2.75, 3.05) is 0 Å². The molecule has 1 unspecified atom stereocenters. The molecule has 0 amide bonds. The van der Waals surface area contributed by atoms with Gasteiger partial charge in [0.15, 0.2) is 0 Å². The van der Waals surface area contributed by atoms with Crippen LogP contribution < -0.4 is 0 Å². The Bertz CT molecular complexity index is 1160. The summed E-state index contributed by atoms with van der Waals surface area (Å²) in [6.07, 6.45) is 6.67. The quantitative estimate of drug-likeness (QED) is 0.425. The smallest absolute Gasteiger partial charge is 0.0459 e. The Hall–Kier alpha value is -2.80. The third-order valence-electron chi connectivity index (χ3n) is 5.99. The molecule has 3 aromatic carbocycles. The van der Waals surface area contributed by atoms with Crippen LogP contribution in [0.3, 0.4) is 0 Å². The highest BCUT2D eigenvalue weighted by molar-refractivity contribution is 6.00. The molecule has 26 heavy (non-hydrogen) atoms. The Morgan fingerprint density at radius 1 is 0.923 bits per heavy atom. The second kappa shape index (κ2) is 5.88. The number of aryl methyl sites for hydroxylation is 2. The second-order valence-corrected chi connectivity index (χ2v) is 7.61. The maximum absolute atomic E-state index is 3.39. The molecule has 1 aromatic heterocycles. The first-order valence-electron chi connectivity index (χ1n) is 9.47. The topological polar surface area (TPSA) is 15.8 Å². The zero-order valence-electron chi connectivity index (χ0n) is 15.3. The summed E-state index contributed by atoms with van der Waals surface area (Å²) in [6, 6.07) is 20.1. The van der Waals surface area contributed by atoms with Gasteiger partial charge in [0.25, 0.3) is 0 Å². The number of pyridine rings is 1. The Balaban J connectivity index is 1.51. The van der Waals surface area contributed by atoms with Crippen LogP contribution in [0, 0.1) is 6.92 Å². The number of nitrogens with one attached hydrogen (secondary N) is 1. The van der Waals surface area contributed by atoms with E-state index in [9.17, 15) is 0 Å². The highest BCUT2D eigenvalue weighted by Gasteiger charge is 2.22. The lowest BCUT2D eigenvalue weighted by Gasteiger charge is -2.15. The SMILES string of the molecule is CC1=Cc2ccccc2C1CCc1c(C)cc2cc3ccc[nH]c3cc12. The number of fused-ring (bicyclic) bond motifs is 3. The fourth-order valence-corrected chi connectivity index (χ4v) is 4.65. The van der Waals surface area contributed by atoms with Crippen LogP contribution >= 0.6 is 0 Å². The fraction of sp³-hybridized carbons (Fsp3) is 0.200. The molecule has 5 rings (SSSR count). The molecule has 0 bridgehead atoms. The summed E-state index contributed by atoms with van der Waals surface area (Å²) < 4.78 is 0. The van der Waals surface area contributed by atoms with Crippen molar-refractivity contribution in [2.45, 2.75) is 32.6 Å². The molecule has 1 heteroatoms. The summed E-state index contributed by atoms with van der Waals surface area (Å²) >= 11 is 0. The van der Waals surface area contributed by atoms with Crippen molar-refractivity contribution in [1.82, 2.24) is 4.98 Å². The monoisotopic (exact) mass is 337 g/mol. The first-order chi connectivity index (χ1) is 12.7. The predicted octanol–water partition coefficient (Wildman–Crippen LogP) is 6.76. The molecule has 0 fully saturated rings. The Kier molecular flexibility index (Phi) is 3.49. The van der Waals surface area contributed by atoms with E-state index in [0.717, 1.165) is 6.42 Å². The lowest BCUT2D eigenvalue weighted by molar-refractivity contribution is 0.715. The van der Waals surface area contributed by atoms with Crippen LogP contribution in [0.25, 0.3) is 27.8 Å². The Morgan fingerprint density at radius 3 is 2.73 bits per heavy atom. The van der Waals surface area contributed by atoms with Gasteiger partial charge in [-0.25, -0.2) is 0 Å². The van der Waals surface area contributed by atoms with Crippen LogP contribution in [-0.4, -0.2) is 4.98 Å². The van der Waals surface area contributed by atoms with Gasteiger partial charge in [0.05, 0.1) is 0 Å². The van der Waals surface area contributed by atoms with Crippen molar-refractivity contribution < 1.29 is 0 Å². The van der Waals surface area contributed by atoms with Crippen molar-refractivity contribution in [3.63, 3.8) is 0 Å². The molecule has 0 radical (unpaired) electrons. The average molecular weight is 337 g/mol. The lowest BCUT2D eigenvalue weighted by atomic mass is 9.89. The number of allylic oxidation sites excluding steroid dienone is 1. The average Bonchev–Trinajstić information content (AvgIpc) is 3.13. The van der Waals surface area contributed by atoms with E-state index in [2.05, 4.69) is 79.5 Å². The zero-order chi connectivity index (χ0) is 17.7. The molecule has 1 aliphatic carbocycles. The van der Waals surface area contributed by atoms with E-state index in [1.54, 1.807) is 0 Å². The van der Waals surface area contributed by atoms with E-state index in [0.29, 0.717) is 5.92 Å². The molecule has 1 heterocycles. The molecule has 0 saturated carbocycles. The number of hydrogen-bond acceptors (Lipinski definition) is 0. The molecule has 1 N–H and O–H groups in total. The van der Waals surface area contributed by atoms with E-state index >= 15 is 0 Å². The fourth-order valence-electron chi connectivity index (χ4n) is 4.65. The third-order valence-corrected chi connectivity index (χ3v) is 5.99. The van der Waals surface area contributed by atoms with Gasteiger partial charge in [-0.1, -0.05) is 48.0 Å². The largest absolute Gasteiger partial charge is 0.361 e. The molecule has 0 spiro atoms.